The average Bonchev–Trinajstić information content (AvgIpc) is 3.13. The van der Waals surface area contributed by atoms with Crippen molar-refractivity contribution >= 4 is 17.9 Å². The van der Waals surface area contributed by atoms with E-state index >= 15 is 0 Å². The quantitative estimate of drug-likeness (QED) is 0.0564. The number of unbranched alkanes of at least 4 members (excludes halogenated alkanes) is 6. The highest BCUT2D eigenvalue weighted by Crippen LogP contribution is 2.22. The van der Waals surface area contributed by atoms with Crippen LogP contribution < -0.4 is 23.7 Å². The average molecular weight is 671 g/mol. The van der Waals surface area contributed by atoms with E-state index in [1.165, 1.54) is 48.5 Å². The lowest BCUT2D eigenvalue weighted by molar-refractivity contribution is 0.0718. The van der Waals surface area contributed by atoms with Crippen LogP contribution in [-0.2, 0) is 0 Å². The van der Waals surface area contributed by atoms with Crippen molar-refractivity contribution in [3.05, 3.63) is 114 Å². The smallest absolute Gasteiger partial charge is 0.343 e. The third kappa shape index (κ3) is 12.7. The number of benzene rings is 4. The highest BCUT2D eigenvalue weighted by molar-refractivity contribution is 5.93. The molecule has 4 aromatic carbocycles. The topological polar surface area (TPSA) is 138 Å². The van der Waals surface area contributed by atoms with E-state index in [1.807, 2.05) is 0 Å². The summed E-state index contributed by atoms with van der Waals surface area (Å²) in [6.45, 7) is 1.54. The number of hydrogen-bond donors (Lipinski definition) is 2. The molecule has 0 amide bonds. The van der Waals surface area contributed by atoms with Gasteiger partial charge in [0.1, 0.15) is 28.7 Å². The van der Waals surface area contributed by atoms with Crippen LogP contribution in [0.2, 0.25) is 0 Å². The highest BCUT2D eigenvalue weighted by Gasteiger charge is 2.13. The Morgan fingerprint density at radius 2 is 0.633 bits per heavy atom. The van der Waals surface area contributed by atoms with Crippen molar-refractivity contribution < 1.29 is 48.3 Å². The first kappa shape index (κ1) is 36.6. The van der Waals surface area contributed by atoms with Crippen LogP contribution in [0, 0.1) is 0 Å². The third-order valence-electron chi connectivity index (χ3n) is 7.37. The van der Waals surface area contributed by atoms with Gasteiger partial charge >= 0.3 is 17.9 Å². The summed E-state index contributed by atoms with van der Waals surface area (Å²) >= 11 is 0. The van der Waals surface area contributed by atoms with Gasteiger partial charge in [-0.3, -0.25) is 0 Å². The van der Waals surface area contributed by atoms with Crippen molar-refractivity contribution in [2.75, 3.05) is 26.4 Å². The molecule has 0 atom stereocenters. The molecule has 0 aliphatic rings. The van der Waals surface area contributed by atoms with Crippen LogP contribution in [0.5, 0.6) is 28.7 Å². The molecule has 0 heterocycles. The van der Waals surface area contributed by atoms with Gasteiger partial charge in [-0.05, 0) is 136 Å². The van der Waals surface area contributed by atoms with Crippen molar-refractivity contribution in [3.63, 3.8) is 0 Å². The Hall–Kier alpha value is -5.19. The summed E-state index contributed by atoms with van der Waals surface area (Å²) in [5.41, 5.74) is 0.968. The van der Waals surface area contributed by atoms with E-state index in [0.29, 0.717) is 35.8 Å². The van der Waals surface area contributed by atoms with E-state index in [0.717, 1.165) is 51.4 Å². The molecule has 10 nitrogen and oxygen atoms in total. The second-order valence-corrected chi connectivity index (χ2v) is 11.2. The van der Waals surface area contributed by atoms with Gasteiger partial charge in [-0.15, -0.1) is 0 Å². The van der Waals surface area contributed by atoms with Crippen LogP contribution in [0.25, 0.3) is 0 Å². The Balaban J connectivity index is 1.19. The molecular formula is C39H42O10. The van der Waals surface area contributed by atoms with Crippen molar-refractivity contribution in [2.45, 2.75) is 51.4 Å². The molecule has 0 aliphatic heterocycles. The van der Waals surface area contributed by atoms with Gasteiger partial charge in [0.05, 0.1) is 29.9 Å². The van der Waals surface area contributed by atoms with Gasteiger partial charge < -0.3 is 33.9 Å². The molecule has 0 unspecified atom stereocenters. The number of aliphatic hydroxyl groups excluding tert-OH is 2. The van der Waals surface area contributed by atoms with Gasteiger partial charge in [-0.25, -0.2) is 14.4 Å². The first-order valence-electron chi connectivity index (χ1n) is 16.5. The van der Waals surface area contributed by atoms with Gasteiger partial charge in [-0.2, -0.15) is 0 Å². The summed E-state index contributed by atoms with van der Waals surface area (Å²) in [6, 6.07) is 25.4. The second kappa shape index (κ2) is 20.2. The Bertz CT molecular complexity index is 1580. The zero-order valence-electron chi connectivity index (χ0n) is 27.4. The van der Waals surface area contributed by atoms with Crippen LogP contribution in [0.4, 0.5) is 0 Å². The standard InChI is InChI=1S/C39H42O10/c40-25-5-1-3-7-27-45-32-15-9-29(10-16-32)37(42)47-34-19-13-31(14-20-34)39(44)49-36-23-21-35(22-24-36)48-38(43)30-11-17-33(18-12-30)46-28-8-4-2-6-26-41/h9-24,40-41H,1-8,25-28H2. The van der Waals surface area contributed by atoms with Crippen LogP contribution in [-0.4, -0.2) is 54.5 Å². The molecule has 49 heavy (non-hydrogen) atoms. The van der Waals surface area contributed by atoms with E-state index in [4.69, 9.17) is 33.9 Å². The number of hydrogen-bond acceptors (Lipinski definition) is 10. The van der Waals surface area contributed by atoms with E-state index in [9.17, 15) is 14.4 Å². The molecule has 4 rings (SSSR count). The summed E-state index contributed by atoms with van der Waals surface area (Å²) in [7, 11) is 0. The third-order valence-corrected chi connectivity index (χ3v) is 7.37. The molecular weight excluding hydrogens is 628 g/mol. The van der Waals surface area contributed by atoms with Crippen LogP contribution in [0.3, 0.4) is 0 Å². The number of ether oxygens (including phenoxy) is 5. The minimum Gasteiger partial charge on any atom is -0.494 e. The largest absolute Gasteiger partial charge is 0.494 e. The molecule has 258 valence electrons. The highest BCUT2D eigenvalue weighted by atomic mass is 16.5. The van der Waals surface area contributed by atoms with Gasteiger partial charge in [0.2, 0.25) is 0 Å². The van der Waals surface area contributed by atoms with Crippen molar-refractivity contribution in [2.24, 2.45) is 0 Å². The molecule has 0 fully saturated rings. The van der Waals surface area contributed by atoms with Gasteiger partial charge in [-0.1, -0.05) is 12.8 Å². The normalized spacial score (nSPS) is 10.7. The Labute approximate surface area is 286 Å². The number of carbonyl (C=O) groups is 3. The predicted octanol–water partition coefficient (Wildman–Crippen LogP) is 7.21. The zero-order valence-corrected chi connectivity index (χ0v) is 27.4. The van der Waals surface area contributed by atoms with Gasteiger partial charge in [0.25, 0.3) is 0 Å². The fraction of sp³-hybridized carbons (Fsp3) is 0.308. The van der Waals surface area contributed by atoms with E-state index in [1.54, 1.807) is 48.5 Å². The van der Waals surface area contributed by atoms with E-state index in [2.05, 4.69) is 0 Å². The summed E-state index contributed by atoms with van der Waals surface area (Å²) < 4.78 is 27.7. The predicted molar refractivity (Wildman–Crippen MR) is 183 cm³/mol. The van der Waals surface area contributed by atoms with E-state index < -0.39 is 17.9 Å². The molecule has 4 aromatic rings. The van der Waals surface area contributed by atoms with E-state index in [-0.39, 0.29) is 36.0 Å². The van der Waals surface area contributed by atoms with Crippen LogP contribution in [0.15, 0.2) is 97.1 Å². The maximum atomic E-state index is 12.7. The number of aliphatic hydroxyl groups is 2. The summed E-state index contributed by atoms with van der Waals surface area (Å²) in [5, 5.41) is 17.7. The number of carbonyl (C=O) groups excluding carboxylic acids is 3. The molecule has 0 bridgehead atoms. The second-order valence-electron chi connectivity index (χ2n) is 11.2. The first-order valence-corrected chi connectivity index (χ1v) is 16.5. The van der Waals surface area contributed by atoms with Crippen molar-refractivity contribution in [3.8, 4) is 28.7 Å². The van der Waals surface area contributed by atoms with Crippen LogP contribution in [0.1, 0.15) is 82.4 Å². The molecule has 2 N–H and O–H groups in total. The molecule has 0 aromatic heterocycles. The molecule has 0 saturated heterocycles. The van der Waals surface area contributed by atoms with Gasteiger partial charge in [0.15, 0.2) is 0 Å². The number of rotatable bonds is 20. The maximum Gasteiger partial charge on any atom is 0.343 e. The first-order chi connectivity index (χ1) is 23.9. The summed E-state index contributed by atoms with van der Waals surface area (Å²) in [6.07, 6.45) is 7.26. The molecule has 10 heteroatoms. The van der Waals surface area contributed by atoms with Crippen molar-refractivity contribution in [1.29, 1.82) is 0 Å². The number of esters is 3. The minimum absolute atomic E-state index is 0.206. The molecule has 0 spiro atoms. The van der Waals surface area contributed by atoms with Crippen LogP contribution >= 0.6 is 0 Å². The summed E-state index contributed by atoms with van der Waals surface area (Å²) in [4.78, 5) is 37.9. The Morgan fingerprint density at radius 3 is 0.939 bits per heavy atom. The zero-order chi connectivity index (χ0) is 34.7. The van der Waals surface area contributed by atoms with Crippen molar-refractivity contribution in [1.82, 2.24) is 0 Å². The van der Waals surface area contributed by atoms with Gasteiger partial charge in [0, 0.05) is 13.2 Å². The Morgan fingerprint density at radius 1 is 0.367 bits per heavy atom. The molecule has 0 aliphatic carbocycles. The Kier molecular flexibility index (Phi) is 15.1. The fourth-order valence-corrected chi connectivity index (χ4v) is 4.62. The molecule has 0 radical (unpaired) electrons. The fourth-order valence-electron chi connectivity index (χ4n) is 4.62. The lowest BCUT2D eigenvalue weighted by Gasteiger charge is -2.09. The lowest BCUT2D eigenvalue weighted by atomic mass is 10.2. The maximum absolute atomic E-state index is 12.7. The monoisotopic (exact) mass is 670 g/mol. The molecule has 0 saturated carbocycles. The minimum atomic E-state index is -0.612. The lowest BCUT2D eigenvalue weighted by Crippen LogP contribution is -2.10. The summed E-state index contributed by atoms with van der Waals surface area (Å²) in [5.74, 6) is 0.425. The SMILES string of the molecule is O=C(Oc1ccc(OC(=O)c2ccc(OC(=O)c3ccc(OCCCCCCO)cc3)cc2)cc1)c1ccc(OCCCCCCO)cc1.